The van der Waals surface area contributed by atoms with Gasteiger partial charge in [0.15, 0.2) is 0 Å². The van der Waals surface area contributed by atoms with Gasteiger partial charge < -0.3 is 14.7 Å². The SMILES string of the molecule is O=C(c1cccnc1)N1CCCC[C@H]1COc1cccc(O)c1. The minimum atomic E-state index is 0.00214. The molecular weight excluding hydrogens is 292 g/mol. The number of phenolic OH excluding ortho intramolecular Hbond substituents is 1. The van der Waals surface area contributed by atoms with Gasteiger partial charge in [-0.3, -0.25) is 9.78 Å². The number of hydrogen-bond donors (Lipinski definition) is 1. The highest BCUT2D eigenvalue weighted by Crippen LogP contribution is 2.22. The van der Waals surface area contributed by atoms with E-state index in [9.17, 15) is 9.90 Å². The standard InChI is InChI=1S/C18H20N2O3/c21-16-7-3-8-17(11-16)23-13-15-6-1-2-10-20(15)18(22)14-5-4-9-19-12-14/h3-5,7-9,11-12,15,21H,1-2,6,10,13H2/t15-/m0/s1. The van der Waals surface area contributed by atoms with Crippen molar-refractivity contribution in [1.82, 2.24) is 9.88 Å². The maximum atomic E-state index is 12.7. The van der Waals surface area contributed by atoms with E-state index >= 15 is 0 Å². The smallest absolute Gasteiger partial charge is 0.255 e. The largest absolute Gasteiger partial charge is 0.508 e. The summed E-state index contributed by atoms with van der Waals surface area (Å²) < 4.78 is 5.77. The van der Waals surface area contributed by atoms with E-state index in [4.69, 9.17) is 4.74 Å². The number of likely N-dealkylation sites (tertiary alicyclic amines) is 1. The second kappa shape index (κ2) is 7.13. The Labute approximate surface area is 135 Å². The maximum absolute atomic E-state index is 12.7. The van der Waals surface area contributed by atoms with Crippen LogP contribution in [0.4, 0.5) is 0 Å². The van der Waals surface area contributed by atoms with Crippen LogP contribution in [-0.4, -0.2) is 40.1 Å². The lowest BCUT2D eigenvalue weighted by Gasteiger charge is -2.35. The highest BCUT2D eigenvalue weighted by Gasteiger charge is 2.28. The highest BCUT2D eigenvalue weighted by molar-refractivity contribution is 5.94. The van der Waals surface area contributed by atoms with E-state index in [1.54, 1.807) is 48.8 Å². The van der Waals surface area contributed by atoms with Gasteiger partial charge in [-0.05, 0) is 43.5 Å². The molecule has 5 nitrogen and oxygen atoms in total. The van der Waals surface area contributed by atoms with Crippen LogP contribution in [0.2, 0.25) is 0 Å². The number of carbonyl (C=O) groups is 1. The van der Waals surface area contributed by atoms with Crippen LogP contribution in [0.1, 0.15) is 29.6 Å². The Kier molecular flexibility index (Phi) is 4.76. The van der Waals surface area contributed by atoms with E-state index in [0.29, 0.717) is 17.9 Å². The van der Waals surface area contributed by atoms with Gasteiger partial charge in [-0.25, -0.2) is 0 Å². The first-order valence-electron chi connectivity index (χ1n) is 7.87. The number of phenols is 1. The Morgan fingerprint density at radius 1 is 1.30 bits per heavy atom. The molecule has 0 unspecified atom stereocenters. The van der Waals surface area contributed by atoms with E-state index in [2.05, 4.69) is 4.98 Å². The molecule has 1 aliphatic rings. The molecule has 1 aliphatic heterocycles. The fourth-order valence-electron chi connectivity index (χ4n) is 2.86. The van der Waals surface area contributed by atoms with Gasteiger partial charge in [0.25, 0.3) is 5.91 Å². The van der Waals surface area contributed by atoms with Crippen LogP contribution < -0.4 is 4.74 Å². The molecule has 0 bridgehead atoms. The Balaban J connectivity index is 1.68. The number of aromatic hydroxyl groups is 1. The first-order chi connectivity index (χ1) is 11.2. The summed E-state index contributed by atoms with van der Waals surface area (Å²) in [6.07, 6.45) is 6.28. The number of benzene rings is 1. The first kappa shape index (κ1) is 15.3. The molecule has 1 N–H and O–H groups in total. The molecule has 120 valence electrons. The number of amides is 1. The molecule has 3 rings (SSSR count). The lowest BCUT2D eigenvalue weighted by molar-refractivity contribution is 0.0528. The topological polar surface area (TPSA) is 62.7 Å². The molecule has 5 heteroatoms. The maximum Gasteiger partial charge on any atom is 0.255 e. The average Bonchev–Trinajstić information content (AvgIpc) is 2.60. The van der Waals surface area contributed by atoms with Gasteiger partial charge >= 0.3 is 0 Å². The van der Waals surface area contributed by atoms with E-state index in [1.165, 1.54) is 0 Å². The Bertz CT molecular complexity index is 660. The van der Waals surface area contributed by atoms with Crippen LogP contribution >= 0.6 is 0 Å². The molecule has 23 heavy (non-hydrogen) atoms. The summed E-state index contributed by atoms with van der Waals surface area (Å²) >= 11 is 0. The molecule has 2 aromatic rings. The number of carbonyl (C=O) groups excluding carboxylic acids is 1. The molecule has 2 heterocycles. The second-order valence-electron chi connectivity index (χ2n) is 5.70. The second-order valence-corrected chi connectivity index (χ2v) is 5.70. The number of aromatic nitrogens is 1. The molecule has 0 radical (unpaired) electrons. The summed E-state index contributed by atoms with van der Waals surface area (Å²) in [6.45, 7) is 1.16. The van der Waals surface area contributed by atoms with E-state index < -0.39 is 0 Å². The van der Waals surface area contributed by atoms with Gasteiger partial charge in [-0.2, -0.15) is 0 Å². The van der Waals surface area contributed by atoms with Crippen molar-refractivity contribution in [3.8, 4) is 11.5 Å². The fourth-order valence-corrected chi connectivity index (χ4v) is 2.86. The third-order valence-electron chi connectivity index (χ3n) is 4.06. The Morgan fingerprint density at radius 3 is 3.00 bits per heavy atom. The lowest BCUT2D eigenvalue weighted by Crippen LogP contribution is -2.46. The molecular formula is C18H20N2O3. The molecule has 1 atom stereocenters. The minimum Gasteiger partial charge on any atom is -0.508 e. The zero-order valence-corrected chi connectivity index (χ0v) is 12.9. The van der Waals surface area contributed by atoms with Crippen molar-refractivity contribution < 1.29 is 14.6 Å². The summed E-state index contributed by atoms with van der Waals surface area (Å²) in [5.74, 6) is 0.793. The van der Waals surface area contributed by atoms with Crippen LogP contribution in [0.15, 0.2) is 48.8 Å². The molecule has 0 saturated carbocycles. The quantitative estimate of drug-likeness (QED) is 0.943. The van der Waals surface area contributed by atoms with Crippen molar-refractivity contribution in [3.05, 3.63) is 54.4 Å². The van der Waals surface area contributed by atoms with Gasteiger partial charge in [0.05, 0.1) is 11.6 Å². The van der Waals surface area contributed by atoms with Crippen molar-refractivity contribution in [2.24, 2.45) is 0 Å². The van der Waals surface area contributed by atoms with E-state index in [-0.39, 0.29) is 17.7 Å². The predicted octanol–water partition coefficient (Wildman–Crippen LogP) is 2.86. The van der Waals surface area contributed by atoms with Gasteiger partial charge in [-0.1, -0.05) is 6.07 Å². The number of piperidine rings is 1. The van der Waals surface area contributed by atoms with Crippen LogP contribution in [0.25, 0.3) is 0 Å². The first-order valence-corrected chi connectivity index (χ1v) is 7.87. The minimum absolute atomic E-state index is 0.00214. The number of ether oxygens (including phenoxy) is 1. The molecule has 1 fully saturated rings. The fraction of sp³-hybridized carbons (Fsp3) is 0.333. The summed E-state index contributed by atoms with van der Waals surface area (Å²) in [7, 11) is 0. The summed E-state index contributed by atoms with van der Waals surface area (Å²) in [5.41, 5.74) is 0.608. The van der Waals surface area contributed by atoms with E-state index in [0.717, 1.165) is 25.8 Å². The Hall–Kier alpha value is -2.56. The number of nitrogens with zero attached hydrogens (tertiary/aromatic N) is 2. The number of hydrogen-bond acceptors (Lipinski definition) is 4. The monoisotopic (exact) mass is 312 g/mol. The number of pyridine rings is 1. The number of rotatable bonds is 4. The molecule has 0 spiro atoms. The van der Waals surface area contributed by atoms with Gasteiger partial charge in [0.2, 0.25) is 0 Å². The zero-order valence-electron chi connectivity index (χ0n) is 12.9. The average molecular weight is 312 g/mol. The van der Waals surface area contributed by atoms with Crippen LogP contribution in [0, 0.1) is 0 Å². The van der Waals surface area contributed by atoms with Crippen molar-refractivity contribution >= 4 is 5.91 Å². The van der Waals surface area contributed by atoms with Gasteiger partial charge in [0, 0.05) is 25.0 Å². The summed E-state index contributed by atoms with van der Waals surface area (Å²) in [4.78, 5) is 18.6. The molecule has 1 aromatic carbocycles. The van der Waals surface area contributed by atoms with Crippen molar-refractivity contribution in [3.63, 3.8) is 0 Å². The van der Waals surface area contributed by atoms with E-state index in [1.807, 2.05) is 4.90 Å². The summed E-state index contributed by atoms with van der Waals surface area (Å²) in [5, 5.41) is 9.49. The van der Waals surface area contributed by atoms with Gasteiger partial charge in [-0.15, -0.1) is 0 Å². The molecule has 1 saturated heterocycles. The third kappa shape index (κ3) is 3.80. The molecule has 1 aromatic heterocycles. The highest BCUT2D eigenvalue weighted by atomic mass is 16.5. The predicted molar refractivity (Wildman–Crippen MR) is 86.5 cm³/mol. The molecule has 1 amide bonds. The zero-order chi connectivity index (χ0) is 16.1. The van der Waals surface area contributed by atoms with Crippen LogP contribution in [0.5, 0.6) is 11.5 Å². The molecule has 0 aliphatic carbocycles. The van der Waals surface area contributed by atoms with Crippen LogP contribution in [-0.2, 0) is 0 Å². The normalized spacial score (nSPS) is 17.7. The Morgan fingerprint density at radius 2 is 2.22 bits per heavy atom. The van der Waals surface area contributed by atoms with Crippen molar-refractivity contribution in [2.45, 2.75) is 25.3 Å². The van der Waals surface area contributed by atoms with Gasteiger partial charge in [0.1, 0.15) is 18.1 Å². The van der Waals surface area contributed by atoms with Crippen LogP contribution in [0.3, 0.4) is 0 Å². The summed E-state index contributed by atoms with van der Waals surface area (Å²) in [6, 6.07) is 10.3. The van der Waals surface area contributed by atoms with Crippen molar-refractivity contribution in [2.75, 3.05) is 13.2 Å². The lowest BCUT2D eigenvalue weighted by atomic mass is 10.0. The van der Waals surface area contributed by atoms with Crippen molar-refractivity contribution in [1.29, 1.82) is 0 Å². The third-order valence-corrected chi connectivity index (χ3v) is 4.06.